The number of nitrogens with one attached hydrogen (secondary N) is 1. The molecule has 2 aromatic carbocycles. The summed E-state index contributed by atoms with van der Waals surface area (Å²) in [6, 6.07) is 11.3. The van der Waals surface area contributed by atoms with Gasteiger partial charge in [-0.05, 0) is 47.7 Å². The van der Waals surface area contributed by atoms with Crippen LogP contribution in [0, 0.1) is 0 Å². The maximum Gasteiger partial charge on any atom is 0.290 e. The van der Waals surface area contributed by atoms with Crippen molar-refractivity contribution in [2.75, 3.05) is 6.73 Å². The van der Waals surface area contributed by atoms with E-state index in [-0.39, 0.29) is 22.4 Å². The summed E-state index contributed by atoms with van der Waals surface area (Å²) in [5, 5.41) is 1.98. The number of amides is 4. The Kier molecular flexibility index (Phi) is 4.66. The summed E-state index contributed by atoms with van der Waals surface area (Å²) in [6.07, 6.45) is 1.53. The number of thioether (sulfide) groups is 1. The van der Waals surface area contributed by atoms with Crippen molar-refractivity contribution in [3.8, 4) is 5.75 Å². The van der Waals surface area contributed by atoms with Crippen LogP contribution in [0.5, 0.6) is 5.75 Å². The first-order chi connectivity index (χ1) is 13.4. The van der Waals surface area contributed by atoms with Crippen LogP contribution in [0.1, 0.15) is 26.3 Å². The molecule has 0 radical (unpaired) electrons. The van der Waals surface area contributed by atoms with Crippen molar-refractivity contribution in [3.63, 3.8) is 0 Å². The van der Waals surface area contributed by atoms with Crippen LogP contribution >= 0.6 is 23.4 Å². The van der Waals surface area contributed by atoms with Gasteiger partial charge >= 0.3 is 0 Å². The number of rotatable bonds is 4. The summed E-state index contributed by atoms with van der Waals surface area (Å²) in [4.78, 5) is 48.7. The molecular formula is C19H11ClN2O5S. The fourth-order valence-corrected chi connectivity index (χ4v) is 3.71. The molecule has 0 atom stereocenters. The molecule has 2 aromatic rings. The van der Waals surface area contributed by atoms with E-state index in [4.69, 9.17) is 16.3 Å². The molecule has 9 heteroatoms. The molecule has 1 N–H and O–H groups in total. The van der Waals surface area contributed by atoms with Gasteiger partial charge in [0.25, 0.3) is 23.0 Å². The maximum atomic E-state index is 12.3. The fraction of sp³-hybridized carbons (Fsp3) is 0.0526. The summed E-state index contributed by atoms with van der Waals surface area (Å²) in [7, 11) is 0. The monoisotopic (exact) mass is 414 g/mol. The molecule has 140 valence electrons. The fourth-order valence-electron chi connectivity index (χ4n) is 2.79. The molecule has 2 aliphatic heterocycles. The van der Waals surface area contributed by atoms with Gasteiger partial charge < -0.3 is 4.74 Å². The predicted octanol–water partition coefficient (Wildman–Crippen LogP) is 3.30. The first-order valence-corrected chi connectivity index (χ1v) is 9.26. The first-order valence-electron chi connectivity index (χ1n) is 8.06. The molecule has 0 bridgehead atoms. The standard InChI is InChI=1S/C19H11ClN2O5S/c20-13-7-10(8-15-16(23)21-19(26)28-15)5-6-14(13)27-9-22-17(24)11-3-1-2-4-12(11)18(22)25/h1-8H,9H2,(H,21,23,26)/b15-8-. The molecule has 1 saturated heterocycles. The zero-order chi connectivity index (χ0) is 19.8. The third-order valence-electron chi connectivity index (χ3n) is 4.12. The number of benzene rings is 2. The van der Waals surface area contributed by atoms with Crippen molar-refractivity contribution in [2.45, 2.75) is 0 Å². The smallest absolute Gasteiger partial charge is 0.290 e. The zero-order valence-electron chi connectivity index (χ0n) is 14.1. The molecule has 7 nitrogen and oxygen atoms in total. The van der Waals surface area contributed by atoms with Gasteiger partial charge in [0.1, 0.15) is 5.75 Å². The van der Waals surface area contributed by atoms with Crippen molar-refractivity contribution in [1.82, 2.24) is 10.2 Å². The number of hydrogen-bond acceptors (Lipinski definition) is 6. The van der Waals surface area contributed by atoms with Gasteiger partial charge in [-0.25, -0.2) is 4.90 Å². The van der Waals surface area contributed by atoms with Crippen LogP contribution in [0.4, 0.5) is 4.79 Å². The second-order valence-corrected chi connectivity index (χ2v) is 7.32. The number of carbonyl (C=O) groups is 4. The van der Waals surface area contributed by atoms with Gasteiger partial charge in [-0.1, -0.05) is 29.8 Å². The summed E-state index contributed by atoms with van der Waals surface area (Å²) < 4.78 is 5.55. The number of carbonyl (C=O) groups excluding carboxylic acids is 4. The van der Waals surface area contributed by atoms with Crippen LogP contribution in [-0.2, 0) is 4.79 Å². The Bertz CT molecular complexity index is 1050. The van der Waals surface area contributed by atoms with Gasteiger partial charge in [-0.3, -0.25) is 24.5 Å². The molecule has 0 spiro atoms. The van der Waals surface area contributed by atoms with Crippen molar-refractivity contribution >= 4 is 52.4 Å². The molecule has 28 heavy (non-hydrogen) atoms. The molecule has 4 amide bonds. The maximum absolute atomic E-state index is 12.3. The van der Waals surface area contributed by atoms with Crippen molar-refractivity contribution in [3.05, 3.63) is 69.1 Å². The minimum atomic E-state index is -0.461. The topological polar surface area (TPSA) is 92.8 Å². The highest BCUT2D eigenvalue weighted by atomic mass is 35.5. The quantitative estimate of drug-likeness (QED) is 0.609. The average Bonchev–Trinajstić information content (AvgIpc) is 3.11. The Labute approximate surface area is 168 Å². The van der Waals surface area contributed by atoms with Crippen LogP contribution < -0.4 is 10.1 Å². The van der Waals surface area contributed by atoms with Crippen molar-refractivity contribution in [1.29, 1.82) is 0 Å². The second kappa shape index (κ2) is 7.14. The Morgan fingerprint density at radius 1 is 1.04 bits per heavy atom. The molecule has 2 heterocycles. The zero-order valence-corrected chi connectivity index (χ0v) is 15.7. The van der Waals surface area contributed by atoms with Crippen molar-refractivity contribution < 1.29 is 23.9 Å². The summed E-state index contributed by atoms with van der Waals surface area (Å²) in [5.74, 6) is -1.03. The Morgan fingerprint density at radius 2 is 1.71 bits per heavy atom. The van der Waals surface area contributed by atoms with E-state index in [0.717, 1.165) is 16.7 Å². The van der Waals surface area contributed by atoms with E-state index in [1.165, 1.54) is 6.08 Å². The van der Waals surface area contributed by atoms with Crippen LogP contribution in [0.3, 0.4) is 0 Å². The molecule has 1 fully saturated rings. The largest absolute Gasteiger partial charge is 0.471 e. The number of hydrogen-bond donors (Lipinski definition) is 1. The average molecular weight is 415 g/mol. The lowest BCUT2D eigenvalue weighted by Crippen LogP contribution is -2.33. The third kappa shape index (κ3) is 3.28. The Morgan fingerprint density at radius 3 is 2.29 bits per heavy atom. The summed E-state index contributed by atoms with van der Waals surface area (Å²) >= 11 is 7.02. The Hall–Kier alpha value is -3.10. The van der Waals surface area contributed by atoms with E-state index in [0.29, 0.717) is 16.7 Å². The van der Waals surface area contributed by atoms with Crippen LogP contribution in [0.25, 0.3) is 6.08 Å². The Balaban J connectivity index is 1.47. The summed E-state index contributed by atoms with van der Waals surface area (Å²) in [6.45, 7) is -0.279. The minimum absolute atomic E-state index is 0.237. The third-order valence-corrected chi connectivity index (χ3v) is 5.23. The highest BCUT2D eigenvalue weighted by Gasteiger charge is 2.35. The van der Waals surface area contributed by atoms with Gasteiger partial charge in [0, 0.05) is 0 Å². The summed E-state index contributed by atoms with van der Waals surface area (Å²) in [5.41, 5.74) is 1.28. The van der Waals surface area contributed by atoms with E-state index >= 15 is 0 Å². The predicted molar refractivity (Wildman–Crippen MR) is 103 cm³/mol. The number of imide groups is 2. The first kappa shape index (κ1) is 18.3. The lowest BCUT2D eigenvalue weighted by atomic mass is 10.1. The lowest BCUT2D eigenvalue weighted by molar-refractivity contribution is -0.115. The number of fused-ring (bicyclic) bond motifs is 1. The van der Waals surface area contributed by atoms with E-state index in [9.17, 15) is 19.2 Å². The van der Waals surface area contributed by atoms with Gasteiger partial charge in [-0.2, -0.15) is 0 Å². The van der Waals surface area contributed by atoms with E-state index < -0.39 is 23.0 Å². The highest BCUT2D eigenvalue weighted by molar-refractivity contribution is 8.18. The SMILES string of the molecule is O=C1NC(=O)/C(=C/c2ccc(OCN3C(=O)c4ccccc4C3=O)c(Cl)c2)S1. The lowest BCUT2D eigenvalue weighted by Gasteiger charge is -2.15. The number of ether oxygens (including phenoxy) is 1. The molecule has 2 aliphatic rings. The van der Waals surface area contributed by atoms with E-state index in [2.05, 4.69) is 5.32 Å². The minimum Gasteiger partial charge on any atom is -0.471 e. The van der Waals surface area contributed by atoms with E-state index in [1.807, 2.05) is 0 Å². The van der Waals surface area contributed by atoms with E-state index in [1.54, 1.807) is 42.5 Å². The highest BCUT2D eigenvalue weighted by Crippen LogP contribution is 2.30. The van der Waals surface area contributed by atoms with Crippen LogP contribution in [0.2, 0.25) is 5.02 Å². The van der Waals surface area contributed by atoms with Crippen LogP contribution in [-0.4, -0.2) is 34.6 Å². The molecule has 0 saturated carbocycles. The normalized spacial score (nSPS) is 17.3. The van der Waals surface area contributed by atoms with Gasteiger partial charge in [-0.15, -0.1) is 0 Å². The molecule has 4 rings (SSSR count). The van der Waals surface area contributed by atoms with Gasteiger partial charge in [0.2, 0.25) is 0 Å². The molecular weight excluding hydrogens is 404 g/mol. The van der Waals surface area contributed by atoms with Crippen molar-refractivity contribution in [2.24, 2.45) is 0 Å². The second-order valence-electron chi connectivity index (χ2n) is 5.90. The molecule has 0 unspecified atom stereocenters. The van der Waals surface area contributed by atoms with Crippen LogP contribution in [0.15, 0.2) is 47.4 Å². The molecule has 0 aliphatic carbocycles. The van der Waals surface area contributed by atoms with Gasteiger partial charge in [0.05, 0.1) is 21.1 Å². The number of nitrogens with zero attached hydrogens (tertiary/aromatic N) is 1. The molecule has 0 aromatic heterocycles. The van der Waals surface area contributed by atoms with Gasteiger partial charge in [0.15, 0.2) is 6.73 Å². The number of halogens is 1.